The lowest BCUT2D eigenvalue weighted by atomic mass is 10.2. The first kappa shape index (κ1) is 14.9. The number of benzene rings is 1. The lowest BCUT2D eigenvalue weighted by Crippen LogP contribution is -2.24. The summed E-state index contributed by atoms with van der Waals surface area (Å²) < 4.78 is 26.3. The zero-order valence-corrected chi connectivity index (χ0v) is 11.5. The van der Waals surface area contributed by atoms with Gasteiger partial charge in [-0.25, -0.2) is 13.8 Å². The van der Waals surface area contributed by atoms with Gasteiger partial charge in [-0.3, -0.25) is 4.79 Å². The van der Waals surface area contributed by atoms with Crippen LogP contribution in [-0.4, -0.2) is 17.4 Å². The van der Waals surface area contributed by atoms with Gasteiger partial charge in [0.1, 0.15) is 17.5 Å². The predicted octanol–water partition coefficient (Wildman–Crippen LogP) is 2.72. The van der Waals surface area contributed by atoms with Crippen molar-refractivity contribution in [2.24, 2.45) is 0 Å². The Morgan fingerprint density at radius 1 is 1.24 bits per heavy atom. The van der Waals surface area contributed by atoms with Crippen LogP contribution in [0.5, 0.6) is 0 Å². The summed E-state index contributed by atoms with van der Waals surface area (Å²) in [5, 5.41) is 5.51. The van der Waals surface area contributed by atoms with Crippen LogP contribution in [0.1, 0.15) is 22.8 Å². The van der Waals surface area contributed by atoms with Gasteiger partial charge in [0, 0.05) is 13.1 Å². The van der Waals surface area contributed by atoms with Crippen LogP contribution in [0.3, 0.4) is 0 Å². The molecular weight excluding hydrogens is 276 g/mol. The summed E-state index contributed by atoms with van der Waals surface area (Å²) in [4.78, 5) is 16.0. The minimum absolute atomic E-state index is 0.119. The van der Waals surface area contributed by atoms with Crippen LogP contribution in [0.25, 0.3) is 0 Å². The van der Waals surface area contributed by atoms with Crippen molar-refractivity contribution < 1.29 is 13.6 Å². The molecule has 0 unspecified atom stereocenters. The van der Waals surface area contributed by atoms with Crippen LogP contribution in [0.4, 0.5) is 14.6 Å². The minimum Gasteiger partial charge on any atom is -0.370 e. The Balaban J connectivity index is 2.11. The lowest BCUT2D eigenvalue weighted by Gasteiger charge is -2.10. The van der Waals surface area contributed by atoms with Crippen molar-refractivity contribution in [3.8, 4) is 0 Å². The molecule has 0 bridgehead atoms. The third-order valence-corrected chi connectivity index (χ3v) is 2.79. The van der Waals surface area contributed by atoms with Gasteiger partial charge < -0.3 is 10.6 Å². The van der Waals surface area contributed by atoms with E-state index in [1.54, 1.807) is 12.1 Å². The second-order valence-electron chi connectivity index (χ2n) is 4.39. The van der Waals surface area contributed by atoms with Crippen molar-refractivity contribution in [3.05, 3.63) is 59.3 Å². The third kappa shape index (κ3) is 3.98. The summed E-state index contributed by atoms with van der Waals surface area (Å²) >= 11 is 0. The number of carbonyl (C=O) groups excluding carboxylic acids is 1. The molecule has 0 atom stereocenters. The SMILES string of the molecule is CCNc1ncc(F)cc1C(=O)NCc1cccc(F)c1. The number of pyridine rings is 1. The molecule has 21 heavy (non-hydrogen) atoms. The van der Waals surface area contributed by atoms with Crippen LogP contribution in [0, 0.1) is 11.6 Å². The van der Waals surface area contributed by atoms with E-state index in [0.29, 0.717) is 17.9 Å². The first-order chi connectivity index (χ1) is 10.1. The van der Waals surface area contributed by atoms with Crippen molar-refractivity contribution in [1.29, 1.82) is 0 Å². The lowest BCUT2D eigenvalue weighted by molar-refractivity contribution is 0.0951. The molecule has 2 rings (SSSR count). The van der Waals surface area contributed by atoms with E-state index in [0.717, 1.165) is 12.3 Å². The number of carbonyl (C=O) groups is 1. The van der Waals surface area contributed by atoms with Gasteiger partial charge in [0.15, 0.2) is 0 Å². The maximum absolute atomic E-state index is 13.2. The van der Waals surface area contributed by atoms with Crippen LogP contribution in [-0.2, 0) is 6.54 Å². The van der Waals surface area contributed by atoms with Gasteiger partial charge in [-0.15, -0.1) is 0 Å². The molecule has 6 heteroatoms. The number of hydrogen-bond donors (Lipinski definition) is 2. The quantitative estimate of drug-likeness (QED) is 0.890. The zero-order valence-electron chi connectivity index (χ0n) is 11.5. The highest BCUT2D eigenvalue weighted by Crippen LogP contribution is 2.13. The van der Waals surface area contributed by atoms with E-state index < -0.39 is 11.7 Å². The second kappa shape index (κ2) is 6.78. The van der Waals surface area contributed by atoms with Crippen molar-refractivity contribution in [1.82, 2.24) is 10.3 Å². The van der Waals surface area contributed by atoms with Gasteiger partial charge in [0.2, 0.25) is 0 Å². The zero-order chi connectivity index (χ0) is 15.2. The topological polar surface area (TPSA) is 54.0 Å². The average molecular weight is 291 g/mol. The van der Waals surface area contributed by atoms with Gasteiger partial charge in [0.25, 0.3) is 5.91 Å². The molecule has 110 valence electrons. The molecule has 1 aromatic heterocycles. The highest BCUT2D eigenvalue weighted by molar-refractivity contribution is 5.98. The fourth-order valence-electron chi connectivity index (χ4n) is 1.85. The van der Waals surface area contributed by atoms with Gasteiger partial charge >= 0.3 is 0 Å². The van der Waals surface area contributed by atoms with Crippen molar-refractivity contribution in [2.75, 3.05) is 11.9 Å². The maximum Gasteiger partial charge on any atom is 0.255 e. The van der Waals surface area contributed by atoms with Crippen LogP contribution in [0.15, 0.2) is 36.5 Å². The van der Waals surface area contributed by atoms with Crippen molar-refractivity contribution in [2.45, 2.75) is 13.5 Å². The highest BCUT2D eigenvalue weighted by Gasteiger charge is 2.13. The Morgan fingerprint density at radius 2 is 2.05 bits per heavy atom. The Hall–Kier alpha value is -2.50. The fourth-order valence-corrected chi connectivity index (χ4v) is 1.85. The van der Waals surface area contributed by atoms with Crippen LogP contribution in [0.2, 0.25) is 0 Å². The summed E-state index contributed by atoms with van der Waals surface area (Å²) in [6.45, 7) is 2.56. The first-order valence-electron chi connectivity index (χ1n) is 6.52. The van der Waals surface area contributed by atoms with Gasteiger partial charge in [-0.05, 0) is 30.7 Å². The average Bonchev–Trinajstić information content (AvgIpc) is 2.47. The van der Waals surface area contributed by atoms with Crippen molar-refractivity contribution in [3.63, 3.8) is 0 Å². The van der Waals surface area contributed by atoms with Gasteiger partial charge in [-0.1, -0.05) is 12.1 Å². The second-order valence-corrected chi connectivity index (χ2v) is 4.39. The summed E-state index contributed by atoms with van der Waals surface area (Å²) in [6, 6.07) is 7.02. The molecule has 0 saturated heterocycles. The minimum atomic E-state index is -0.590. The fraction of sp³-hybridized carbons (Fsp3) is 0.200. The standard InChI is InChI=1S/C15H15F2N3O/c1-2-18-14-13(7-12(17)9-19-14)15(21)20-8-10-4-3-5-11(16)6-10/h3-7,9H,2,8H2,1H3,(H,18,19)(H,20,21). The summed E-state index contributed by atoms with van der Waals surface area (Å²) in [5.74, 6) is -1.12. The molecule has 1 heterocycles. The number of nitrogens with one attached hydrogen (secondary N) is 2. The van der Waals surface area contributed by atoms with E-state index in [1.165, 1.54) is 12.1 Å². The normalized spacial score (nSPS) is 10.2. The third-order valence-electron chi connectivity index (χ3n) is 2.79. The Kier molecular flexibility index (Phi) is 4.81. The van der Waals surface area contributed by atoms with E-state index in [1.807, 2.05) is 6.92 Å². The molecule has 0 aliphatic rings. The predicted molar refractivity (Wildman–Crippen MR) is 75.9 cm³/mol. The molecule has 0 aliphatic carbocycles. The monoisotopic (exact) mass is 291 g/mol. The van der Waals surface area contributed by atoms with Crippen LogP contribution >= 0.6 is 0 Å². The Labute approximate surface area is 121 Å². The van der Waals surface area contributed by atoms with Crippen LogP contribution < -0.4 is 10.6 Å². The molecular formula is C15H15F2N3O. The molecule has 4 nitrogen and oxygen atoms in total. The van der Waals surface area contributed by atoms with E-state index >= 15 is 0 Å². The molecule has 1 aromatic carbocycles. The van der Waals surface area contributed by atoms with E-state index in [4.69, 9.17) is 0 Å². The number of halogens is 2. The van der Waals surface area contributed by atoms with E-state index in [2.05, 4.69) is 15.6 Å². The van der Waals surface area contributed by atoms with E-state index in [-0.39, 0.29) is 17.9 Å². The molecule has 0 aliphatic heterocycles. The Bertz CT molecular complexity index is 647. The molecule has 0 radical (unpaired) electrons. The smallest absolute Gasteiger partial charge is 0.255 e. The Morgan fingerprint density at radius 3 is 2.76 bits per heavy atom. The molecule has 1 amide bonds. The summed E-state index contributed by atoms with van der Waals surface area (Å²) in [6.07, 6.45) is 1.04. The molecule has 2 aromatic rings. The first-order valence-corrected chi connectivity index (χ1v) is 6.52. The van der Waals surface area contributed by atoms with Gasteiger partial charge in [-0.2, -0.15) is 0 Å². The number of hydrogen-bond acceptors (Lipinski definition) is 3. The largest absolute Gasteiger partial charge is 0.370 e. The number of nitrogens with zero attached hydrogens (tertiary/aromatic N) is 1. The highest BCUT2D eigenvalue weighted by atomic mass is 19.1. The number of anilines is 1. The summed E-state index contributed by atoms with van der Waals surface area (Å²) in [5.41, 5.74) is 0.742. The van der Waals surface area contributed by atoms with E-state index in [9.17, 15) is 13.6 Å². The van der Waals surface area contributed by atoms with Gasteiger partial charge in [0.05, 0.1) is 11.8 Å². The number of aromatic nitrogens is 1. The molecule has 0 fully saturated rings. The molecule has 0 spiro atoms. The number of rotatable bonds is 5. The summed E-state index contributed by atoms with van der Waals surface area (Å²) in [7, 11) is 0. The maximum atomic E-state index is 13.2. The molecule has 2 N–H and O–H groups in total. The number of amides is 1. The van der Waals surface area contributed by atoms with Crippen molar-refractivity contribution >= 4 is 11.7 Å². The molecule has 0 saturated carbocycles.